The Balaban J connectivity index is 1.94. The van der Waals surface area contributed by atoms with Crippen molar-refractivity contribution in [1.29, 1.82) is 0 Å². The molecule has 0 saturated heterocycles. The fourth-order valence-electron chi connectivity index (χ4n) is 2.49. The molecular formula is C23H27ClN4O5. The van der Waals surface area contributed by atoms with Gasteiger partial charge in [0.15, 0.2) is 18.1 Å². The van der Waals surface area contributed by atoms with E-state index in [0.717, 1.165) is 0 Å². The number of nitrogens with one attached hydrogen (secondary N) is 3. The highest BCUT2D eigenvalue weighted by Gasteiger charge is 2.13. The molecule has 0 radical (unpaired) electrons. The van der Waals surface area contributed by atoms with Crippen LogP contribution in [0.1, 0.15) is 26.3 Å². The summed E-state index contributed by atoms with van der Waals surface area (Å²) in [4.78, 5) is 35.6. The third-order valence-electron chi connectivity index (χ3n) is 3.99. The molecule has 0 aliphatic carbocycles. The van der Waals surface area contributed by atoms with E-state index in [0.29, 0.717) is 40.9 Å². The zero-order chi connectivity index (χ0) is 24.2. The van der Waals surface area contributed by atoms with Crippen molar-refractivity contribution in [2.75, 3.05) is 25.1 Å². The van der Waals surface area contributed by atoms with Crippen LogP contribution in [0.15, 0.2) is 47.6 Å². The van der Waals surface area contributed by atoms with Gasteiger partial charge in [-0.2, -0.15) is 5.10 Å². The Morgan fingerprint density at radius 3 is 2.55 bits per heavy atom. The summed E-state index contributed by atoms with van der Waals surface area (Å²) < 4.78 is 11.2. The summed E-state index contributed by atoms with van der Waals surface area (Å²) in [5.41, 5.74) is 3.33. The predicted molar refractivity (Wildman–Crippen MR) is 127 cm³/mol. The summed E-state index contributed by atoms with van der Waals surface area (Å²) >= 11 is 5.91. The number of hydrazone groups is 1. The number of hydrogen-bond donors (Lipinski definition) is 3. The first-order valence-electron chi connectivity index (χ1n) is 10.3. The highest BCUT2D eigenvalue weighted by atomic mass is 35.5. The molecule has 2 rings (SSSR count). The highest BCUT2D eigenvalue weighted by molar-refractivity contribution is 6.35. The third-order valence-corrected chi connectivity index (χ3v) is 4.23. The van der Waals surface area contributed by atoms with Gasteiger partial charge in [0.1, 0.15) is 0 Å². The van der Waals surface area contributed by atoms with E-state index in [1.54, 1.807) is 42.5 Å². The van der Waals surface area contributed by atoms with Crippen LogP contribution in [-0.2, 0) is 14.4 Å². The maximum atomic E-state index is 12.2. The van der Waals surface area contributed by atoms with Gasteiger partial charge in [-0.05, 0) is 54.8 Å². The first-order chi connectivity index (χ1) is 15.8. The van der Waals surface area contributed by atoms with E-state index < -0.39 is 11.8 Å². The predicted octanol–water partition coefficient (Wildman–Crippen LogP) is 2.98. The van der Waals surface area contributed by atoms with Gasteiger partial charge in [0.25, 0.3) is 5.91 Å². The Bertz CT molecular complexity index is 1010. The average molecular weight is 475 g/mol. The molecule has 2 aromatic carbocycles. The first-order valence-corrected chi connectivity index (χ1v) is 10.7. The Hall–Kier alpha value is -3.59. The van der Waals surface area contributed by atoms with Gasteiger partial charge in [0.2, 0.25) is 0 Å². The number of benzene rings is 2. The van der Waals surface area contributed by atoms with Gasteiger partial charge in [-0.15, -0.1) is 0 Å². The lowest BCUT2D eigenvalue weighted by atomic mass is 10.2. The minimum absolute atomic E-state index is 0.228. The van der Waals surface area contributed by atoms with E-state index in [2.05, 4.69) is 21.2 Å². The summed E-state index contributed by atoms with van der Waals surface area (Å²) in [7, 11) is 0. The van der Waals surface area contributed by atoms with Crippen molar-refractivity contribution >= 4 is 41.2 Å². The number of carbonyl (C=O) groups is 3. The molecule has 33 heavy (non-hydrogen) atoms. The smallest absolute Gasteiger partial charge is 0.329 e. The SMILES string of the molecule is CCOc1cc(/C=N\NC(=O)C(=O)NCC(C)C)ccc1OCC(=O)Nc1cccc(Cl)c1. The van der Waals surface area contributed by atoms with Gasteiger partial charge >= 0.3 is 11.8 Å². The number of amides is 3. The standard InChI is InChI=1S/C23H27ClN4O5/c1-4-32-20-10-16(13-26-28-23(31)22(30)25-12-15(2)3)8-9-19(20)33-14-21(29)27-18-7-5-6-17(24)11-18/h5-11,13,15H,4,12,14H2,1-3H3,(H,25,30)(H,27,29)(H,28,31)/b26-13-. The molecule has 0 heterocycles. The van der Waals surface area contributed by atoms with Crippen LogP contribution in [0.3, 0.4) is 0 Å². The molecule has 2 aromatic rings. The zero-order valence-corrected chi connectivity index (χ0v) is 19.4. The molecule has 3 amide bonds. The fraction of sp³-hybridized carbons (Fsp3) is 0.304. The maximum Gasteiger partial charge on any atom is 0.329 e. The van der Waals surface area contributed by atoms with Crippen molar-refractivity contribution in [2.45, 2.75) is 20.8 Å². The van der Waals surface area contributed by atoms with Crippen molar-refractivity contribution in [1.82, 2.24) is 10.7 Å². The van der Waals surface area contributed by atoms with Gasteiger partial charge in [0.05, 0.1) is 12.8 Å². The lowest BCUT2D eigenvalue weighted by molar-refractivity contribution is -0.139. The Morgan fingerprint density at radius 1 is 1.06 bits per heavy atom. The summed E-state index contributed by atoms with van der Waals surface area (Å²) in [6, 6.07) is 11.7. The highest BCUT2D eigenvalue weighted by Crippen LogP contribution is 2.28. The Kier molecular flexibility index (Phi) is 10.2. The van der Waals surface area contributed by atoms with E-state index in [9.17, 15) is 14.4 Å². The van der Waals surface area contributed by atoms with Gasteiger partial charge < -0.3 is 20.1 Å². The quantitative estimate of drug-likeness (QED) is 0.278. The van der Waals surface area contributed by atoms with Crippen LogP contribution in [-0.4, -0.2) is 43.7 Å². The first kappa shape index (κ1) is 25.7. The minimum Gasteiger partial charge on any atom is -0.490 e. The van der Waals surface area contributed by atoms with E-state index in [1.165, 1.54) is 6.21 Å². The lowest BCUT2D eigenvalue weighted by Gasteiger charge is -2.12. The molecule has 0 aromatic heterocycles. The zero-order valence-electron chi connectivity index (χ0n) is 18.7. The second-order valence-corrected chi connectivity index (χ2v) is 7.73. The summed E-state index contributed by atoms with van der Waals surface area (Å²) in [5.74, 6) is -0.974. The normalized spacial score (nSPS) is 10.7. The van der Waals surface area contributed by atoms with Gasteiger partial charge in [-0.3, -0.25) is 14.4 Å². The van der Waals surface area contributed by atoms with E-state index in [-0.39, 0.29) is 18.4 Å². The number of ether oxygens (including phenoxy) is 2. The number of nitrogens with zero attached hydrogens (tertiary/aromatic N) is 1. The molecule has 3 N–H and O–H groups in total. The molecule has 9 nitrogen and oxygen atoms in total. The number of halogens is 1. The van der Waals surface area contributed by atoms with E-state index in [1.807, 2.05) is 20.8 Å². The van der Waals surface area contributed by atoms with E-state index in [4.69, 9.17) is 21.1 Å². The van der Waals surface area contributed by atoms with Crippen molar-refractivity contribution in [3.05, 3.63) is 53.1 Å². The Labute approximate surface area is 197 Å². The summed E-state index contributed by atoms with van der Waals surface area (Å²) in [5, 5.41) is 9.50. The maximum absolute atomic E-state index is 12.2. The molecule has 0 aliphatic rings. The largest absolute Gasteiger partial charge is 0.490 e. The molecule has 0 spiro atoms. The van der Waals surface area contributed by atoms with Gasteiger partial charge in [0, 0.05) is 17.3 Å². The van der Waals surface area contributed by atoms with Crippen LogP contribution >= 0.6 is 11.6 Å². The summed E-state index contributed by atoms with van der Waals surface area (Å²) in [6.07, 6.45) is 1.37. The molecule has 10 heteroatoms. The van der Waals surface area contributed by atoms with Gasteiger partial charge in [-0.25, -0.2) is 5.43 Å². The monoisotopic (exact) mass is 474 g/mol. The molecule has 0 atom stereocenters. The average Bonchev–Trinajstić information content (AvgIpc) is 2.77. The topological polar surface area (TPSA) is 118 Å². The molecule has 0 saturated carbocycles. The van der Waals surface area contributed by atoms with Crippen LogP contribution < -0.4 is 25.5 Å². The van der Waals surface area contributed by atoms with Crippen molar-refractivity contribution in [3.63, 3.8) is 0 Å². The second-order valence-electron chi connectivity index (χ2n) is 7.29. The summed E-state index contributed by atoms with van der Waals surface area (Å²) in [6.45, 7) is 6.19. The Morgan fingerprint density at radius 2 is 1.85 bits per heavy atom. The van der Waals surface area contributed by atoms with Crippen molar-refractivity contribution in [2.24, 2.45) is 11.0 Å². The number of rotatable bonds is 10. The van der Waals surface area contributed by atoms with Crippen LogP contribution in [0.25, 0.3) is 0 Å². The molecule has 0 aliphatic heterocycles. The van der Waals surface area contributed by atoms with Crippen LogP contribution in [0.2, 0.25) is 5.02 Å². The van der Waals surface area contributed by atoms with Crippen LogP contribution in [0, 0.1) is 5.92 Å². The molecule has 0 fully saturated rings. The lowest BCUT2D eigenvalue weighted by Crippen LogP contribution is -2.39. The molecule has 176 valence electrons. The van der Waals surface area contributed by atoms with Crippen molar-refractivity contribution < 1.29 is 23.9 Å². The number of hydrogen-bond acceptors (Lipinski definition) is 6. The van der Waals surface area contributed by atoms with E-state index >= 15 is 0 Å². The van der Waals surface area contributed by atoms with Crippen LogP contribution in [0.4, 0.5) is 5.69 Å². The van der Waals surface area contributed by atoms with Gasteiger partial charge in [-0.1, -0.05) is 31.5 Å². The number of carbonyl (C=O) groups excluding carboxylic acids is 3. The van der Waals surface area contributed by atoms with Crippen LogP contribution in [0.5, 0.6) is 11.5 Å². The van der Waals surface area contributed by atoms with Crippen molar-refractivity contribution in [3.8, 4) is 11.5 Å². The molecule has 0 bridgehead atoms. The molecular weight excluding hydrogens is 448 g/mol. The second kappa shape index (κ2) is 13.1. The minimum atomic E-state index is -0.859. The fourth-order valence-corrected chi connectivity index (χ4v) is 2.68. The third kappa shape index (κ3) is 9.20. The molecule has 0 unspecified atom stereocenters. The number of anilines is 1.